The predicted molar refractivity (Wildman–Crippen MR) is 119 cm³/mol. The van der Waals surface area contributed by atoms with Crippen LogP contribution in [0.4, 0.5) is 0 Å². The number of carbonyl (C=O) groups is 3. The van der Waals surface area contributed by atoms with Crippen LogP contribution in [0.25, 0.3) is 0 Å². The number of ether oxygens (including phenoxy) is 2. The maximum Gasteiger partial charge on any atom is 0.338 e. The quantitative estimate of drug-likeness (QED) is 0.623. The number of fused-ring (bicyclic) bond motifs is 3. The summed E-state index contributed by atoms with van der Waals surface area (Å²) in [6.07, 6.45) is 6.62. The van der Waals surface area contributed by atoms with Crippen LogP contribution < -0.4 is 0 Å². The van der Waals surface area contributed by atoms with E-state index < -0.39 is 5.41 Å². The van der Waals surface area contributed by atoms with Crippen LogP contribution in [0, 0.1) is 34.0 Å². The van der Waals surface area contributed by atoms with Gasteiger partial charge in [0.05, 0.1) is 24.0 Å². The van der Waals surface area contributed by atoms with E-state index in [4.69, 9.17) is 9.47 Å². The van der Waals surface area contributed by atoms with Crippen LogP contribution in [0.3, 0.4) is 0 Å². The molecule has 5 aliphatic carbocycles. The summed E-state index contributed by atoms with van der Waals surface area (Å²) in [5, 5.41) is 0. The molecule has 5 heteroatoms. The van der Waals surface area contributed by atoms with Crippen molar-refractivity contribution in [2.45, 2.75) is 71.3 Å². The molecule has 0 aromatic heterocycles. The van der Waals surface area contributed by atoms with E-state index in [0.717, 1.165) is 44.9 Å². The van der Waals surface area contributed by atoms with E-state index in [1.54, 1.807) is 12.1 Å². The Hall–Kier alpha value is -2.17. The Bertz CT molecular complexity index is 941. The topological polar surface area (TPSA) is 69.7 Å². The van der Waals surface area contributed by atoms with Crippen molar-refractivity contribution in [2.24, 2.45) is 34.0 Å². The highest BCUT2D eigenvalue weighted by Crippen LogP contribution is 2.71. The smallest absolute Gasteiger partial charge is 0.338 e. The predicted octanol–water partition coefficient (Wildman–Crippen LogP) is 4.98. The molecule has 0 N–H and O–H groups in total. The van der Waals surface area contributed by atoms with Crippen LogP contribution in [-0.4, -0.2) is 30.9 Å². The number of hydrogen-bond acceptors (Lipinski definition) is 5. The number of ketones is 1. The lowest BCUT2D eigenvalue weighted by Crippen LogP contribution is -2.65. The minimum absolute atomic E-state index is 0.00675. The highest BCUT2D eigenvalue weighted by molar-refractivity contribution is 5.90. The summed E-state index contributed by atoms with van der Waals surface area (Å²) < 4.78 is 11.2. The molecule has 1 spiro atoms. The molecular weight excluding hydrogens is 404 g/mol. The fourth-order valence-electron chi connectivity index (χ4n) is 8.48. The molecule has 5 saturated carbocycles. The van der Waals surface area contributed by atoms with Gasteiger partial charge in [0, 0.05) is 6.42 Å². The van der Waals surface area contributed by atoms with Gasteiger partial charge in [-0.15, -0.1) is 0 Å². The van der Waals surface area contributed by atoms with Crippen molar-refractivity contribution in [3.63, 3.8) is 0 Å². The number of Topliss-reactive ketones (excluding diaryl/α,β-unsaturated/α-hetero) is 1. The summed E-state index contributed by atoms with van der Waals surface area (Å²) in [4.78, 5) is 38.7. The number of hydrogen-bond donors (Lipinski definition) is 0. The van der Waals surface area contributed by atoms with Crippen molar-refractivity contribution < 1.29 is 23.9 Å². The monoisotopic (exact) mass is 438 g/mol. The van der Waals surface area contributed by atoms with Gasteiger partial charge in [-0.3, -0.25) is 9.59 Å². The zero-order valence-electron chi connectivity index (χ0n) is 19.4. The first kappa shape index (κ1) is 21.7. The first-order valence-corrected chi connectivity index (χ1v) is 12.1. The van der Waals surface area contributed by atoms with Crippen LogP contribution in [0.2, 0.25) is 0 Å². The lowest BCUT2D eigenvalue weighted by Gasteiger charge is -2.67. The minimum Gasteiger partial charge on any atom is -0.469 e. The molecular formula is C27H34O5. The minimum atomic E-state index is -0.455. The molecule has 5 nitrogen and oxygen atoms in total. The van der Waals surface area contributed by atoms with Crippen LogP contribution in [0.5, 0.6) is 0 Å². The number of rotatable bonds is 3. The zero-order chi connectivity index (χ0) is 22.7. The summed E-state index contributed by atoms with van der Waals surface area (Å²) in [6, 6.07) is 9.04. The molecule has 7 atom stereocenters. The number of esters is 2. The molecule has 0 saturated heterocycles. The summed E-state index contributed by atoms with van der Waals surface area (Å²) in [5.41, 5.74) is -0.0319. The fourth-order valence-corrected chi connectivity index (χ4v) is 8.48. The maximum absolute atomic E-state index is 13.1. The van der Waals surface area contributed by atoms with E-state index in [2.05, 4.69) is 13.8 Å². The average Bonchev–Trinajstić information content (AvgIpc) is 2.78. The van der Waals surface area contributed by atoms with Gasteiger partial charge in [0.1, 0.15) is 11.9 Å². The lowest BCUT2D eigenvalue weighted by atomic mass is 9.37. The van der Waals surface area contributed by atoms with Gasteiger partial charge in [-0.25, -0.2) is 4.79 Å². The Morgan fingerprint density at radius 3 is 2.50 bits per heavy atom. The molecule has 6 rings (SSSR count). The molecule has 0 aliphatic heterocycles. The fraction of sp³-hybridized carbons (Fsp3) is 0.667. The van der Waals surface area contributed by atoms with Gasteiger partial charge in [0.25, 0.3) is 0 Å². The summed E-state index contributed by atoms with van der Waals surface area (Å²) >= 11 is 0. The molecule has 1 aromatic rings. The molecule has 172 valence electrons. The number of carbonyl (C=O) groups excluding carboxylic acids is 3. The van der Waals surface area contributed by atoms with E-state index in [0.29, 0.717) is 17.9 Å². The van der Waals surface area contributed by atoms with Gasteiger partial charge >= 0.3 is 11.9 Å². The van der Waals surface area contributed by atoms with Gasteiger partial charge in [0.2, 0.25) is 0 Å². The van der Waals surface area contributed by atoms with E-state index in [1.165, 1.54) is 7.11 Å². The highest BCUT2D eigenvalue weighted by Gasteiger charge is 2.68. The Morgan fingerprint density at radius 1 is 1.03 bits per heavy atom. The average molecular weight is 439 g/mol. The number of methoxy groups -OCH3 is 1. The van der Waals surface area contributed by atoms with Crippen molar-refractivity contribution in [3.8, 4) is 0 Å². The Balaban J connectivity index is 1.43. The van der Waals surface area contributed by atoms with Crippen LogP contribution in [0.1, 0.15) is 75.6 Å². The van der Waals surface area contributed by atoms with Gasteiger partial charge < -0.3 is 9.47 Å². The molecule has 0 unspecified atom stereocenters. The van der Waals surface area contributed by atoms with Crippen LogP contribution >= 0.6 is 0 Å². The molecule has 5 fully saturated rings. The van der Waals surface area contributed by atoms with Gasteiger partial charge in [-0.1, -0.05) is 31.5 Å². The Morgan fingerprint density at radius 2 is 1.78 bits per heavy atom. The first-order chi connectivity index (χ1) is 15.2. The second kappa shape index (κ2) is 7.43. The SMILES string of the molecule is COC(=O)[C@]1(C)CCC[C@@]2(C)[C@H]1CC[C@@]13CC(=O)[C@@H](C[C@@H]12)[C@@H](OC(=O)c1ccccc1)C3. The molecule has 0 heterocycles. The molecule has 1 aromatic carbocycles. The number of benzene rings is 1. The van der Waals surface area contributed by atoms with Gasteiger partial charge in [-0.2, -0.15) is 0 Å². The van der Waals surface area contributed by atoms with Gasteiger partial charge in [0.15, 0.2) is 0 Å². The molecule has 5 aliphatic rings. The third-order valence-electron chi connectivity index (χ3n) is 9.85. The van der Waals surface area contributed by atoms with E-state index in [9.17, 15) is 14.4 Å². The van der Waals surface area contributed by atoms with Crippen molar-refractivity contribution in [2.75, 3.05) is 7.11 Å². The molecule has 2 bridgehead atoms. The maximum atomic E-state index is 13.1. The van der Waals surface area contributed by atoms with E-state index >= 15 is 0 Å². The highest BCUT2D eigenvalue weighted by atomic mass is 16.5. The van der Waals surface area contributed by atoms with E-state index in [1.807, 2.05) is 18.2 Å². The standard InChI is InChI=1S/C27H34O5/c1-25-11-7-12-26(2,24(30)31-3)21(25)10-13-27-15-19(28)18(14-22(25)27)20(16-27)32-23(29)17-8-5-4-6-9-17/h4-6,8-9,18,20-22H,7,10-16H2,1-3H3/t18-,20+,21-,22-,25+,26-,27+/m1/s1. The summed E-state index contributed by atoms with van der Waals surface area (Å²) in [5.74, 6) is 0.262. The summed E-state index contributed by atoms with van der Waals surface area (Å²) in [6.45, 7) is 4.45. The van der Waals surface area contributed by atoms with Crippen molar-refractivity contribution >= 4 is 17.7 Å². The lowest BCUT2D eigenvalue weighted by molar-refractivity contribution is -0.211. The Kier molecular flexibility index (Phi) is 5.03. The van der Waals surface area contributed by atoms with Crippen molar-refractivity contribution in [1.29, 1.82) is 0 Å². The van der Waals surface area contributed by atoms with Crippen molar-refractivity contribution in [3.05, 3.63) is 35.9 Å². The summed E-state index contributed by atoms with van der Waals surface area (Å²) in [7, 11) is 1.50. The first-order valence-electron chi connectivity index (χ1n) is 12.1. The van der Waals surface area contributed by atoms with Crippen LogP contribution in [-0.2, 0) is 19.1 Å². The second-order valence-corrected chi connectivity index (χ2v) is 11.3. The second-order valence-electron chi connectivity index (χ2n) is 11.3. The third-order valence-corrected chi connectivity index (χ3v) is 9.85. The molecule has 0 amide bonds. The van der Waals surface area contributed by atoms with Gasteiger partial charge in [-0.05, 0) is 80.2 Å². The van der Waals surface area contributed by atoms with E-state index in [-0.39, 0.29) is 46.5 Å². The van der Waals surface area contributed by atoms with Crippen LogP contribution in [0.15, 0.2) is 30.3 Å². The molecule has 0 radical (unpaired) electrons. The largest absolute Gasteiger partial charge is 0.469 e. The third kappa shape index (κ3) is 2.99. The Labute approximate surface area is 190 Å². The van der Waals surface area contributed by atoms with Crippen molar-refractivity contribution in [1.82, 2.24) is 0 Å². The normalized spacial score (nSPS) is 42.5. The zero-order valence-corrected chi connectivity index (χ0v) is 19.4. The molecule has 32 heavy (non-hydrogen) atoms.